The Hall–Kier alpha value is -3.19. The number of hydrogen-bond acceptors (Lipinski definition) is 6. The van der Waals surface area contributed by atoms with E-state index in [2.05, 4.69) is 17.0 Å². The second-order valence-electron chi connectivity index (χ2n) is 8.84. The molecular weight excluding hydrogens is 432 g/mol. The van der Waals surface area contributed by atoms with Gasteiger partial charge >= 0.3 is 0 Å². The first-order chi connectivity index (χ1) is 16.5. The molecule has 0 aromatic heterocycles. The number of likely N-dealkylation sites (tertiary alicyclic amines) is 1. The minimum atomic E-state index is 0.117. The summed E-state index contributed by atoms with van der Waals surface area (Å²) >= 11 is 0. The Labute approximate surface area is 201 Å². The number of fused-ring (bicyclic) bond motifs is 1. The van der Waals surface area contributed by atoms with Gasteiger partial charge in [-0.3, -0.25) is 4.79 Å². The molecule has 2 aliphatic heterocycles. The third-order valence-electron chi connectivity index (χ3n) is 6.73. The summed E-state index contributed by atoms with van der Waals surface area (Å²) in [5.74, 6) is 3.42. The first-order valence-corrected chi connectivity index (χ1v) is 11.7. The molecular formula is C27H34N2O5. The van der Waals surface area contributed by atoms with Crippen molar-refractivity contribution in [1.82, 2.24) is 9.80 Å². The summed E-state index contributed by atoms with van der Waals surface area (Å²) in [6, 6.07) is 9.95. The third kappa shape index (κ3) is 5.30. The molecule has 2 heterocycles. The maximum atomic E-state index is 13.0. The lowest BCUT2D eigenvalue weighted by Crippen LogP contribution is -2.33. The lowest BCUT2D eigenvalue weighted by molar-refractivity contribution is -0.128. The molecule has 2 aromatic rings. The summed E-state index contributed by atoms with van der Waals surface area (Å²) in [5, 5.41) is 0. The predicted molar refractivity (Wildman–Crippen MR) is 132 cm³/mol. The van der Waals surface area contributed by atoms with E-state index in [0.717, 1.165) is 61.6 Å². The van der Waals surface area contributed by atoms with Crippen LogP contribution in [0.1, 0.15) is 23.1 Å². The molecule has 7 nitrogen and oxygen atoms in total. The van der Waals surface area contributed by atoms with Crippen molar-refractivity contribution in [2.75, 3.05) is 54.6 Å². The molecule has 1 fully saturated rings. The molecule has 0 saturated carbocycles. The molecule has 0 spiro atoms. The van der Waals surface area contributed by atoms with Crippen molar-refractivity contribution in [3.05, 3.63) is 53.2 Å². The van der Waals surface area contributed by atoms with Gasteiger partial charge in [0.25, 0.3) is 0 Å². The molecule has 1 unspecified atom stereocenters. The number of amides is 1. The van der Waals surface area contributed by atoms with Gasteiger partial charge in [0, 0.05) is 25.8 Å². The summed E-state index contributed by atoms with van der Waals surface area (Å²) in [6.45, 7) is 3.78. The van der Waals surface area contributed by atoms with Crippen LogP contribution >= 0.6 is 0 Å². The Morgan fingerprint density at radius 3 is 2.35 bits per heavy atom. The van der Waals surface area contributed by atoms with Crippen molar-refractivity contribution in [2.24, 2.45) is 5.92 Å². The average Bonchev–Trinajstić information content (AvgIpc) is 3.26. The quantitative estimate of drug-likeness (QED) is 0.562. The van der Waals surface area contributed by atoms with E-state index < -0.39 is 0 Å². The lowest BCUT2D eigenvalue weighted by atomic mass is 10.0. The minimum absolute atomic E-state index is 0.117. The van der Waals surface area contributed by atoms with Gasteiger partial charge in [-0.25, -0.2) is 0 Å². The Bertz CT molecular complexity index is 1050. The van der Waals surface area contributed by atoms with Crippen LogP contribution in [-0.2, 0) is 17.6 Å². The number of carbonyl (C=O) groups excluding carboxylic acids is 1. The summed E-state index contributed by atoms with van der Waals surface area (Å²) in [6.07, 6.45) is 6.34. The highest BCUT2D eigenvalue weighted by molar-refractivity contribution is 5.84. The zero-order valence-electron chi connectivity index (χ0n) is 20.5. The summed E-state index contributed by atoms with van der Waals surface area (Å²) in [4.78, 5) is 17.4. The molecule has 1 saturated heterocycles. The minimum Gasteiger partial charge on any atom is -0.493 e. The van der Waals surface area contributed by atoms with Gasteiger partial charge < -0.3 is 28.7 Å². The van der Waals surface area contributed by atoms with Gasteiger partial charge in [0.1, 0.15) is 0 Å². The Kier molecular flexibility index (Phi) is 7.63. The lowest BCUT2D eigenvalue weighted by Gasteiger charge is -2.22. The smallest absolute Gasteiger partial charge is 0.230 e. The van der Waals surface area contributed by atoms with Crippen molar-refractivity contribution < 1.29 is 23.7 Å². The van der Waals surface area contributed by atoms with Gasteiger partial charge in [-0.05, 0) is 72.3 Å². The average molecular weight is 467 g/mol. The van der Waals surface area contributed by atoms with E-state index in [-0.39, 0.29) is 5.91 Å². The van der Waals surface area contributed by atoms with Gasteiger partial charge in [0.15, 0.2) is 23.0 Å². The molecule has 1 atom stereocenters. The maximum absolute atomic E-state index is 13.0. The normalized spacial score (nSPS) is 17.9. The molecule has 4 rings (SSSR count). The van der Waals surface area contributed by atoms with E-state index >= 15 is 0 Å². The van der Waals surface area contributed by atoms with Crippen LogP contribution in [0.2, 0.25) is 0 Å². The fourth-order valence-corrected chi connectivity index (χ4v) is 4.79. The standard InChI is InChI=1S/C27H34N2O5/c1-31-23-6-5-19(13-24(23)32-2)7-10-28-11-8-20(17-28)18-29-12-9-21-14-25(33-3)26(34-4)15-22(21)16-27(29)30/h5-6,9,12-15,20H,7-8,10-11,16-18H2,1-4H3. The highest BCUT2D eigenvalue weighted by atomic mass is 16.5. The number of nitrogens with zero attached hydrogens (tertiary/aromatic N) is 2. The highest BCUT2D eigenvalue weighted by Gasteiger charge is 2.27. The van der Waals surface area contributed by atoms with Gasteiger partial charge in [-0.1, -0.05) is 6.07 Å². The molecule has 2 aliphatic rings. The van der Waals surface area contributed by atoms with E-state index in [4.69, 9.17) is 18.9 Å². The zero-order chi connectivity index (χ0) is 24.1. The van der Waals surface area contributed by atoms with E-state index in [1.165, 1.54) is 5.56 Å². The summed E-state index contributed by atoms with van der Waals surface area (Å²) < 4.78 is 21.6. The first-order valence-electron chi connectivity index (χ1n) is 11.7. The van der Waals surface area contributed by atoms with Crippen LogP contribution in [0.15, 0.2) is 36.5 Å². The van der Waals surface area contributed by atoms with Gasteiger partial charge in [0.05, 0.1) is 34.9 Å². The van der Waals surface area contributed by atoms with Crippen LogP contribution in [0.25, 0.3) is 6.08 Å². The molecule has 0 N–H and O–H groups in total. The van der Waals surface area contributed by atoms with Crippen LogP contribution in [0.3, 0.4) is 0 Å². The molecule has 0 aliphatic carbocycles. The Balaban J connectivity index is 1.33. The highest BCUT2D eigenvalue weighted by Crippen LogP contribution is 2.33. The van der Waals surface area contributed by atoms with Crippen molar-refractivity contribution in [3.8, 4) is 23.0 Å². The van der Waals surface area contributed by atoms with E-state index in [9.17, 15) is 4.79 Å². The molecule has 2 aromatic carbocycles. The predicted octanol–water partition coefficient (Wildman–Crippen LogP) is 3.64. The number of benzene rings is 2. The number of hydrogen-bond donors (Lipinski definition) is 0. The molecule has 182 valence electrons. The van der Waals surface area contributed by atoms with E-state index in [1.54, 1.807) is 28.4 Å². The van der Waals surface area contributed by atoms with Crippen LogP contribution in [0, 0.1) is 5.92 Å². The SMILES string of the molecule is COc1ccc(CCN2CCC(CN3C=Cc4cc(OC)c(OC)cc4CC3=O)C2)cc1OC. The third-order valence-corrected chi connectivity index (χ3v) is 6.73. The van der Waals surface area contributed by atoms with Gasteiger partial charge in [0.2, 0.25) is 5.91 Å². The fourth-order valence-electron chi connectivity index (χ4n) is 4.79. The molecule has 0 bridgehead atoms. The maximum Gasteiger partial charge on any atom is 0.230 e. The number of rotatable bonds is 9. The van der Waals surface area contributed by atoms with E-state index in [0.29, 0.717) is 23.8 Å². The van der Waals surface area contributed by atoms with Gasteiger partial charge in [-0.15, -0.1) is 0 Å². The molecule has 7 heteroatoms. The van der Waals surface area contributed by atoms with Crippen LogP contribution < -0.4 is 18.9 Å². The summed E-state index contributed by atoms with van der Waals surface area (Å²) in [7, 11) is 6.55. The summed E-state index contributed by atoms with van der Waals surface area (Å²) in [5.41, 5.74) is 3.19. The Morgan fingerprint density at radius 1 is 0.912 bits per heavy atom. The molecule has 34 heavy (non-hydrogen) atoms. The second kappa shape index (κ2) is 10.8. The first kappa shape index (κ1) is 24.0. The zero-order valence-corrected chi connectivity index (χ0v) is 20.5. The second-order valence-corrected chi connectivity index (χ2v) is 8.84. The van der Waals surface area contributed by atoms with Crippen LogP contribution in [0.5, 0.6) is 23.0 Å². The Morgan fingerprint density at radius 2 is 1.62 bits per heavy atom. The molecule has 0 radical (unpaired) electrons. The van der Waals surface area contributed by atoms with Crippen molar-refractivity contribution in [3.63, 3.8) is 0 Å². The van der Waals surface area contributed by atoms with Gasteiger partial charge in [-0.2, -0.15) is 0 Å². The van der Waals surface area contributed by atoms with Crippen molar-refractivity contribution in [1.29, 1.82) is 0 Å². The van der Waals surface area contributed by atoms with Crippen molar-refractivity contribution >= 4 is 12.0 Å². The number of methoxy groups -OCH3 is 4. The largest absolute Gasteiger partial charge is 0.493 e. The monoisotopic (exact) mass is 466 g/mol. The molecule has 1 amide bonds. The fraction of sp³-hybridized carbons (Fsp3) is 0.444. The van der Waals surface area contributed by atoms with E-state index in [1.807, 2.05) is 35.4 Å². The number of ether oxygens (including phenoxy) is 4. The number of carbonyl (C=O) groups is 1. The van der Waals surface area contributed by atoms with Crippen LogP contribution in [-0.4, -0.2) is 70.3 Å². The van der Waals surface area contributed by atoms with Crippen LogP contribution in [0.4, 0.5) is 0 Å². The topological polar surface area (TPSA) is 60.5 Å². The van der Waals surface area contributed by atoms with Crippen molar-refractivity contribution in [2.45, 2.75) is 19.3 Å².